The number of rotatable bonds is 4. The van der Waals surface area contributed by atoms with Crippen LogP contribution in [-0.4, -0.2) is 54.7 Å². The fourth-order valence-corrected chi connectivity index (χ4v) is 7.42. The van der Waals surface area contributed by atoms with Crippen LogP contribution in [0.15, 0.2) is 28.8 Å². The monoisotopic (exact) mass is 492 g/mol. The van der Waals surface area contributed by atoms with E-state index in [-0.39, 0.29) is 23.6 Å². The number of ether oxygens (including phenoxy) is 1. The molecule has 4 N–H and O–H groups in total. The van der Waals surface area contributed by atoms with E-state index in [4.69, 9.17) is 14.7 Å². The van der Waals surface area contributed by atoms with Gasteiger partial charge >= 0.3 is 0 Å². The Morgan fingerprint density at radius 2 is 2.06 bits per heavy atom. The molecule has 8 heteroatoms. The van der Waals surface area contributed by atoms with E-state index in [1.54, 1.807) is 0 Å². The minimum Gasteiger partial charge on any atom is -0.472 e. The van der Waals surface area contributed by atoms with Gasteiger partial charge in [-0.15, -0.1) is 0 Å². The smallest absolute Gasteiger partial charge is 0.181 e. The van der Waals surface area contributed by atoms with Crippen molar-refractivity contribution in [2.45, 2.75) is 101 Å². The maximum absolute atomic E-state index is 11.8. The molecule has 2 saturated carbocycles. The highest BCUT2D eigenvalue weighted by Crippen LogP contribution is 2.59. The molecule has 0 radical (unpaired) electrons. The van der Waals surface area contributed by atoms with Gasteiger partial charge in [-0.3, -0.25) is 0 Å². The van der Waals surface area contributed by atoms with Crippen molar-refractivity contribution in [2.24, 2.45) is 16.8 Å². The van der Waals surface area contributed by atoms with Crippen LogP contribution < -0.4 is 5.32 Å². The van der Waals surface area contributed by atoms with Gasteiger partial charge in [0, 0.05) is 48.5 Å². The first-order chi connectivity index (χ1) is 17.3. The summed E-state index contributed by atoms with van der Waals surface area (Å²) in [6.07, 6.45) is 7.05. The first kappa shape index (κ1) is 22.8. The minimum atomic E-state index is -1.32. The molecule has 0 bridgehead atoms. The predicted octanol–water partition coefficient (Wildman–Crippen LogP) is 3.76. The summed E-state index contributed by atoms with van der Waals surface area (Å²) in [5.41, 5.74) is 5.15. The van der Waals surface area contributed by atoms with E-state index in [9.17, 15) is 15.3 Å². The van der Waals surface area contributed by atoms with E-state index < -0.39 is 12.4 Å². The number of hydrogen-bond donors (Lipinski definition) is 4. The predicted molar refractivity (Wildman–Crippen MR) is 137 cm³/mol. The number of aliphatic hydroxyl groups is 3. The van der Waals surface area contributed by atoms with Crippen LogP contribution in [0.3, 0.4) is 0 Å². The first-order valence-electron chi connectivity index (χ1n) is 13.6. The van der Waals surface area contributed by atoms with Crippen LogP contribution >= 0.6 is 0 Å². The molecule has 7 atom stereocenters. The number of benzene rings is 1. The fourth-order valence-electron chi connectivity index (χ4n) is 7.42. The van der Waals surface area contributed by atoms with Gasteiger partial charge in [0.25, 0.3) is 0 Å². The van der Waals surface area contributed by atoms with Gasteiger partial charge in [0.2, 0.25) is 0 Å². The average molecular weight is 493 g/mol. The maximum Gasteiger partial charge on any atom is 0.181 e. The number of aromatic nitrogens is 2. The summed E-state index contributed by atoms with van der Waals surface area (Å²) in [6, 6.07) is 4.83. The lowest BCUT2D eigenvalue weighted by Crippen LogP contribution is -2.32. The van der Waals surface area contributed by atoms with Crippen molar-refractivity contribution in [3.05, 3.63) is 35.2 Å². The van der Waals surface area contributed by atoms with Gasteiger partial charge in [0.15, 0.2) is 12.2 Å². The number of aliphatic hydroxyl groups excluding tert-OH is 2. The Labute approximate surface area is 211 Å². The highest BCUT2D eigenvalue weighted by Gasteiger charge is 2.66. The minimum absolute atomic E-state index is 0.0630. The Morgan fingerprint density at radius 1 is 1.19 bits per heavy atom. The zero-order valence-electron chi connectivity index (χ0n) is 21.0. The van der Waals surface area contributed by atoms with Crippen LogP contribution in [0.25, 0.3) is 11.0 Å². The summed E-state index contributed by atoms with van der Waals surface area (Å²) in [4.78, 5) is 9.90. The molecule has 2 aromatic rings. The molecule has 1 aromatic heterocycles. The third-order valence-electron chi connectivity index (χ3n) is 9.38. The number of anilines is 1. The molecule has 1 aromatic carbocycles. The zero-order chi connectivity index (χ0) is 24.8. The second-order valence-corrected chi connectivity index (χ2v) is 11.8. The van der Waals surface area contributed by atoms with Crippen LogP contribution in [0.1, 0.15) is 82.3 Å². The Morgan fingerprint density at radius 3 is 2.89 bits per heavy atom. The SMILES string of the molecule is CC1=NC2CC(C(O)c3nc4c5c(ccc4n3C3CCCC(C(O)O)C3)NC(C)CC5)=CC3CC32O1. The molecular weight excluding hydrogens is 456 g/mol. The van der Waals surface area contributed by atoms with Gasteiger partial charge in [0.1, 0.15) is 17.5 Å². The highest BCUT2D eigenvalue weighted by molar-refractivity contribution is 5.86. The molecule has 0 amide bonds. The standard InChI is InChI=1S/C28H36N4O4/c1-14-6-7-20-21(29-14)8-9-22-24(20)31-26(32(22)19-5-3-4-16(11-19)27(34)35)25(33)17-10-18-13-28(18)23(12-17)30-15(2)36-28/h8-10,14,16,18-19,23,25,27,29,33-35H,3-7,11-13H2,1-2H3. The van der Waals surface area contributed by atoms with E-state index >= 15 is 0 Å². The Balaban J connectivity index is 1.32. The number of aryl methyl sites for hydroxylation is 1. The molecular formula is C28H36N4O4. The molecule has 8 nitrogen and oxygen atoms in total. The van der Waals surface area contributed by atoms with E-state index in [2.05, 4.69) is 35.0 Å². The molecule has 7 unspecified atom stereocenters. The first-order valence-corrected chi connectivity index (χ1v) is 13.6. The van der Waals surface area contributed by atoms with Gasteiger partial charge < -0.3 is 29.9 Å². The van der Waals surface area contributed by atoms with Gasteiger partial charge in [-0.25, -0.2) is 9.98 Å². The van der Waals surface area contributed by atoms with Crippen molar-refractivity contribution in [3.8, 4) is 0 Å². The second-order valence-electron chi connectivity index (χ2n) is 11.8. The summed E-state index contributed by atoms with van der Waals surface area (Å²) >= 11 is 0. The van der Waals surface area contributed by atoms with Gasteiger partial charge in [-0.2, -0.15) is 0 Å². The molecule has 0 saturated heterocycles. The van der Waals surface area contributed by atoms with Crippen molar-refractivity contribution < 1.29 is 20.1 Å². The van der Waals surface area contributed by atoms with Crippen molar-refractivity contribution in [2.75, 3.05) is 5.32 Å². The summed E-state index contributed by atoms with van der Waals surface area (Å²) in [6.45, 7) is 4.12. The van der Waals surface area contributed by atoms with Crippen molar-refractivity contribution in [3.63, 3.8) is 0 Å². The number of hydrogen-bond acceptors (Lipinski definition) is 7. The van der Waals surface area contributed by atoms with Crippen LogP contribution in [0.5, 0.6) is 0 Å². The summed E-state index contributed by atoms with van der Waals surface area (Å²) in [5, 5.41) is 35.3. The van der Waals surface area contributed by atoms with Crippen LogP contribution in [0.2, 0.25) is 0 Å². The second kappa shape index (κ2) is 8.04. The molecule has 3 heterocycles. The summed E-state index contributed by atoms with van der Waals surface area (Å²) < 4.78 is 8.31. The van der Waals surface area contributed by atoms with Crippen LogP contribution in [0.4, 0.5) is 5.69 Å². The van der Waals surface area contributed by atoms with Crippen molar-refractivity contribution >= 4 is 22.6 Å². The van der Waals surface area contributed by atoms with Gasteiger partial charge in [0.05, 0.1) is 17.1 Å². The molecule has 7 rings (SSSR count). The van der Waals surface area contributed by atoms with E-state index in [0.29, 0.717) is 30.6 Å². The molecule has 2 aliphatic heterocycles. The third kappa shape index (κ3) is 3.37. The van der Waals surface area contributed by atoms with Gasteiger partial charge in [-0.05, 0) is 63.2 Å². The Hall–Kier alpha value is -2.42. The molecule has 2 fully saturated rings. The Kier molecular flexibility index (Phi) is 5.08. The van der Waals surface area contributed by atoms with Crippen LogP contribution in [0, 0.1) is 11.8 Å². The van der Waals surface area contributed by atoms with E-state index in [1.807, 2.05) is 6.92 Å². The molecule has 3 aliphatic carbocycles. The summed E-state index contributed by atoms with van der Waals surface area (Å²) in [7, 11) is 0. The van der Waals surface area contributed by atoms with Crippen molar-refractivity contribution in [1.29, 1.82) is 0 Å². The zero-order valence-corrected chi connectivity index (χ0v) is 21.0. The summed E-state index contributed by atoms with van der Waals surface area (Å²) in [5.74, 6) is 1.55. The highest BCUT2D eigenvalue weighted by atomic mass is 16.5. The van der Waals surface area contributed by atoms with Gasteiger partial charge in [-0.1, -0.05) is 12.5 Å². The average Bonchev–Trinajstić information content (AvgIpc) is 3.27. The quantitative estimate of drug-likeness (QED) is 0.382. The number of aliphatic imine (C=N–C) groups is 1. The molecule has 5 aliphatic rings. The topological polar surface area (TPSA) is 112 Å². The number of nitrogens with zero attached hydrogens (tertiary/aromatic N) is 3. The number of fused-ring (bicyclic) bond motifs is 3. The lowest BCUT2D eigenvalue weighted by atomic mass is 9.84. The lowest BCUT2D eigenvalue weighted by Gasteiger charge is -2.33. The van der Waals surface area contributed by atoms with E-state index in [0.717, 1.165) is 66.7 Å². The van der Waals surface area contributed by atoms with E-state index in [1.165, 1.54) is 5.56 Å². The van der Waals surface area contributed by atoms with Crippen molar-refractivity contribution in [1.82, 2.24) is 9.55 Å². The lowest BCUT2D eigenvalue weighted by molar-refractivity contribution is -0.0971. The fraction of sp³-hybridized carbons (Fsp3) is 0.643. The third-order valence-corrected chi connectivity index (χ3v) is 9.38. The molecule has 192 valence electrons. The maximum atomic E-state index is 11.8. The number of imidazole rings is 1. The molecule has 1 spiro atoms. The number of nitrogens with one attached hydrogen (secondary N) is 1. The van der Waals surface area contributed by atoms with Crippen LogP contribution in [-0.2, 0) is 11.2 Å². The molecule has 36 heavy (non-hydrogen) atoms. The normalized spacial score (nSPS) is 35.8. The largest absolute Gasteiger partial charge is 0.472 e. The Bertz CT molecular complexity index is 1280.